The van der Waals surface area contributed by atoms with E-state index in [0.29, 0.717) is 10.2 Å². The number of rotatable bonds is 4. The Kier molecular flexibility index (Phi) is 3.66. The lowest BCUT2D eigenvalue weighted by atomic mass is 10.2. The molecule has 0 aromatic heterocycles. The van der Waals surface area contributed by atoms with Gasteiger partial charge < -0.3 is 5.32 Å². The van der Waals surface area contributed by atoms with Crippen molar-refractivity contribution < 1.29 is 13.2 Å². The van der Waals surface area contributed by atoms with Gasteiger partial charge in [0.15, 0.2) is 0 Å². The maximum Gasteiger partial charge on any atom is 0.416 e. The van der Waals surface area contributed by atoms with Crippen LogP contribution in [0.5, 0.6) is 0 Å². The maximum absolute atomic E-state index is 12.5. The first kappa shape index (κ1) is 12.7. The van der Waals surface area contributed by atoms with E-state index in [1.165, 1.54) is 18.9 Å². The Morgan fingerprint density at radius 3 is 2.59 bits per heavy atom. The van der Waals surface area contributed by atoms with Crippen molar-refractivity contribution in [2.75, 3.05) is 11.9 Å². The Hall–Kier alpha value is -0.710. The molecular weight excluding hydrogens is 295 g/mol. The van der Waals surface area contributed by atoms with Crippen molar-refractivity contribution in [3.8, 4) is 0 Å². The SMILES string of the molecule is FC(F)(F)c1ccc(Br)c(NCCC2CC2)c1. The number of hydrogen-bond acceptors (Lipinski definition) is 1. The molecule has 0 heterocycles. The number of hydrogen-bond donors (Lipinski definition) is 1. The fourth-order valence-corrected chi connectivity index (χ4v) is 2.04. The van der Waals surface area contributed by atoms with E-state index < -0.39 is 11.7 Å². The summed E-state index contributed by atoms with van der Waals surface area (Å²) in [4.78, 5) is 0. The van der Waals surface area contributed by atoms with E-state index in [1.54, 1.807) is 0 Å². The largest absolute Gasteiger partial charge is 0.416 e. The summed E-state index contributed by atoms with van der Waals surface area (Å²) in [5, 5.41) is 3.05. The van der Waals surface area contributed by atoms with Gasteiger partial charge in [-0.2, -0.15) is 13.2 Å². The number of halogens is 4. The first-order chi connectivity index (χ1) is 7.97. The van der Waals surface area contributed by atoms with Gasteiger partial charge in [0.2, 0.25) is 0 Å². The summed E-state index contributed by atoms with van der Waals surface area (Å²) in [5.74, 6) is 0.770. The van der Waals surface area contributed by atoms with Crippen LogP contribution in [0.15, 0.2) is 22.7 Å². The number of anilines is 1. The molecule has 0 bridgehead atoms. The third-order valence-corrected chi connectivity index (χ3v) is 3.55. The van der Waals surface area contributed by atoms with Gasteiger partial charge in [0, 0.05) is 16.7 Å². The Balaban J connectivity index is 2.03. The number of benzene rings is 1. The lowest BCUT2D eigenvalue weighted by Crippen LogP contribution is -2.08. The molecule has 5 heteroatoms. The second-order valence-electron chi connectivity index (χ2n) is 4.35. The van der Waals surface area contributed by atoms with Gasteiger partial charge >= 0.3 is 6.18 Å². The summed E-state index contributed by atoms with van der Waals surface area (Å²) in [5.41, 5.74) is -0.102. The van der Waals surface area contributed by atoms with Gasteiger partial charge in [-0.1, -0.05) is 12.8 Å². The third kappa shape index (κ3) is 3.63. The zero-order valence-corrected chi connectivity index (χ0v) is 10.7. The van der Waals surface area contributed by atoms with E-state index in [2.05, 4.69) is 21.2 Å². The van der Waals surface area contributed by atoms with Crippen molar-refractivity contribution >= 4 is 21.6 Å². The van der Waals surface area contributed by atoms with Gasteiger partial charge in [0.05, 0.1) is 5.56 Å². The molecule has 0 spiro atoms. The summed E-state index contributed by atoms with van der Waals surface area (Å²) < 4.78 is 38.2. The highest BCUT2D eigenvalue weighted by Crippen LogP contribution is 2.35. The molecule has 0 aliphatic heterocycles. The first-order valence-corrected chi connectivity index (χ1v) is 6.37. The molecule has 0 unspecified atom stereocenters. The third-order valence-electron chi connectivity index (χ3n) is 2.86. The molecule has 1 N–H and O–H groups in total. The monoisotopic (exact) mass is 307 g/mol. The highest BCUT2D eigenvalue weighted by atomic mass is 79.9. The molecule has 1 saturated carbocycles. The zero-order valence-electron chi connectivity index (χ0n) is 9.15. The van der Waals surface area contributed by atoms with E-state index in [-0.39, 0.29) is 0 Å². The standard InChI is InChI=1S/C12H13BrF3N/c13-10-4-3-9(12(14,15)16)7-11(10)17-6-5-8-1-2-8/h3-4,7-8,17H,1-2,5-6H2. The average molecular weight is 308 g/mol. The minimum absolute atomic E-state index is 0.514. The molecule has 0 radical (unpaired) electrons. The highest BCUT2D eigenvalue weighted by molar-refractivity contribution is 9.10. The molecule has 1 aromatic rings. The Bertz CT molecular complexity index is 399. The van der Waals surface area contributed by atoms with Crippen molar-refractivity contribution in [2.24, 2.45) is 5.92 Å². The van der Waals surface area contributed by atoms with E-state index in [9.17, 15) is 13.2 Å². The van der Waals surface area contributed by atoms with Crippen LogP contribution in [0.1, 0.15) is 24.8 Å². The number of nitrogens with one attached hydrogen (secondary N) is 1. The topological polar surface area (TPSA) is 12.0 Å². The van der Waals surface area contributed by atoms with Crippen LogP contribution in [0, 0.1) is 5.92 Å². The Morgan fingerprint density at radius 1 is 1.29 bits per heavy atom. The second-order valence-corrected chi connectivity index (χ2v) is 5.21. The minimum Gasteiger partial charge on any atom is -0.384 e. The highest BCUT2D eigenvalue weighted by Gasteiger charge is 2.30. The van der Waals surface area contributed by atoms with Crippen molar-refractivity contribution in [2.45, 2.75) is 25.4 Å². The molecular formula is C12H13BrF3N. The smallest absolute Gasteiger partial charge is 0.384 e. The van der Waals surface area contributed by atoms with E-state index >= 15 is 0 Å². The molecule has 1 fully saturated rings. The molecule has 94 valence electrons. The van der Waals surface area contributed by atoms with E-state index in [1.807, 2.05) is 0 Å². The molecule has 2 rings (SSSR count). The minimum atomic E-state index is -4.28. The molecule has 0 amide bonds. The summed E-state index contributed by atoms with van der Waals surface area (Å²) >= 11 is 3.25. The van der Waals surface area contributed by atoms with Crippen molar-refractivity contribution in [1.82, 2.24) is 0 Å². The van der Waals surface area contributed by atoms with Gasteiger partial charge in [-0.25, -0.2) is 0 Å². The van der Waals surface area contributed by atoms with Gasteiger partial charge in [-0.3, -0.25) is 0 Å². The Labute approximate surface area is 107 Å². The van der Waals surface area contributed by atoms with Gasteiger partial charge in [-0.15, -0.1) is 0 Å². The number of alkyl halides is 3. The average Bonchev–Trinajstić information content (AvgIpc) is 3.03. The summed E-state index contributed by atoms with van der Waals surface area (Å²) in [7, 11) is 0. The van der Waals surface area contributed by atoms with Crippen LogP contribution in [0.25, 0.3) is 0 Å². The molecule has 0 atom stereocenters. The first-order valence-electron chi connectivity index (χ1n) is 5.57. The molecule has 1 aromatic carbocycles. The quantitative estimate of drug-likeness (QED) is 0.851. The van der Waals surface area contributed by atoms with Gasteiger partial charge in [0.1, 0.15) is 0 Å². The fraction of sp³-hybridized carbons (Fsp3) is 0.500. The van der Waals surface area contributed by atoms with E-state index in [4.69, 9.17) is 0 Å². The van der Waals surface area contributed by atoms with Crippen LogP contribution < -0.4 is 5.32 Å². The lowest BCUT2D eigenvalue weighted by molar-refractivity contribution is -0.137. The van der Waals surface area contributed by atoms with Crippen molar-refractivity contribution in [3.05, 3.63) is 28.2 Å². The molecule has 1 aliphatic carbocycles. The van der Waals surface area contributed by atoms with Gasteiger partial charge in [-0.05, 0) is 46.5 Å². The van der Waals surface area contributed by atoms with Crippen molar-refractivity contribution in [3.63, 3.8) is 0 Å². The second kappa shape index (κ2) is 4.88. The van der Waals surface area contributed by atoms with E-state index in [0.717, 1.165) is 31.0 Å². The van der Waals surface area contributed by atoms with Crippen molar-refractivity contribution in [1.29, 1.82) is 0 Å². The maximum atomic E-state index is 12.5. The van der Waals surface area contributed by atoms with Gasteiger partial charge in [0.25, 0.3) is 0 Å². The molecule has 17 heavy (non-hydrogen) atoms. The molecule has 1 aliphatic rings. The zero-order chi connectivity index (χ0) is 12.5. The summed E-state index contributed by atoms with van der Waals surface area (Å²) in [6, 6.07) is 3.66. The summed E-state index contributed by atoms with van der Waals surface area (Å²) in [6.07, 6.45) is -0.743. The van der Waals surface area contributed by atoms with Crippen LogP contribution in [0.4, 0.5) is 18.9 Å². The molecule has 0 saturated heterocycles. The predicted molar refractivity (Wildman–Crippen MR) is 65.0 cm³/mol. The molecule has 1 nitrogen and oxygen atoms in total. The fourth-order valence-electron chi connectivity index (χ4n) is 1.65. The van der Waals surface area contributed by atoms with Crippen LogP contribution in [0.2, 0.25) is 0 Å². The predicted octanol–water partition coefficient (Wildman–Crippen LogP) is 4.68. The lowest BCUT2D eigenvalue weighted by Gasteiger charge is -2.12. The summed E-state index contributed by atoms with van der Waals surface area (Å²) in [6.45, 7) is 0.727. The van der Waals surface area contributed by atoms with Crippen LogP contribution in [0.3, 0.4) is 0 Å². The Morgan fingerprint density at radius 2 is 2.00 bits per heavy atom. The van der Waals surface area contributed by atoms with Crippen LogP contribution in [-0.2, 0) is 6.18 Å². The normalized spacial score (nSPS) is 16.0. The van der Waals surface area contributed by atoms with Crippen LogP contribution >= 0.6 is 15.9 Å². The van der Waals surface area contributed by atoms with Crippen LogP contribution in [-0.4, -0.2) is 6.54 Å².